The highest BCUT2D eigenvalue weighted by Gasteiger charge is 2.21. The van der Waals surface area contributed by atoms with Crippen molar-refractivity contribution in [1.29, 1.82) is 0 Å². The summed E-state index contributed by atoms with van der Waals surface area (Å²) in [5, 5.41) is 4.01. The summed E-state index contributed by atoms with van der Waals surface area (Å²) in [6, 6.07) is 12.2. The minimum atomic E-state index is 0.733. The predicted molar refractivity (Wildman–Crippen MR) is 107 cm³/mol. The van der Waals surface area contributed by atoms with Crippen LogP contribution in [0.15, 0.2) is 36.4 Å². The molecule has 1 aliphatic rings. The molecule has 0 amide bonds. The standard InChI is InChI=1S/C19H24N4OS/c1-14-12-15(2)20-18(13-14)21-19(25)23-10-8-22(9-11-23)16-6-4-5-7-17(16)24-3/h4-7,12-13H,8-11H2,1-3H3,(H,20,21,25). The molecular formula is C19H24N4OS. The monoisotopic (exact) mass is 356 g/mol. The van der Waals surface area contributed by atoms with E-state index in [4.69, 9.17) is 17.0 Å². The van der Waals surface area contributed by atoms with Gasteiger partial charge in [-0.1, -0.05) is 12.1 Å². The lowest BCUT2D eigenvalue weighted by atomic mass is 10.2. The van der Waals surface area contributed by atoms with E-state index in [-0.39, 0.29) is 0 Å². The molecule has 25 heavy (non-hydrogen) atoms. The van der Waals surface area contributed by atoms with Gasteiger partial charge in [0.15, 0.2) is 5.11 Å². The molecule has 1 aliphatic heterocycles. The van der Waals surface area contributed by atoms with Crippen molar-refractivity contribution in [3.05, 3.63) is 47.7 Å². The number of nitrogens with one attached hydrogen (secondary N) is 1. The summed E-state index contributed by atoms with van der Waals surface area (Å²) in [6.07, 6.45) is 0. The number of anilines is 2. The number of rotatable bonds is 3. The number of hydrogen-bond donors (Lipinski definition) is 1. The second-order valence-electron chi connectivity index (χ2n) is 6.25. The van der Waals surface area contributed by atoms with Crippen molar-refractivity contribution in [2.45, 2.75) is 13.8 Å². The Hall–Kier alpha value is -2.34. The Kier molecular flexibility index (Phi) is 5.38. The molecule has 6 heteroatoms. The highest BCUT2D eigenvalue weighted by atomic mass is 32.1. The van der Waals surface area contributed by atoms with Gasteiger partial charge >= 0.3 is 0 Å². The molecule has 1 N–H and O–H groups in total. The first kappa shape index (κ1) is 17.5. The zero-order chi connectivity index (χ0) is 17.8. The topological polar surface area (TPSA) is 40.6 Å². The number of nitrogens with zero attached hydrogens (tertiary/aromatic N) is 3. The summed E-state index contributed by atoms with van der Waals surface area (Å²) in [6.45, 7) is 7.61. The number of methoxy groups -OCH3 is 1. The van der Waals surface area contributed by atoms with Crippen molar-refractivity contribution in [2.75, 3.05) is 43.5 Å². The minimum absolute atomic E-state index is 0.733. The maximum Gasteiger partial charge on any atom is 0.174 e. The number of thiocarbonyl (C=S) groups is 1. The number of aryl methyl sites for hydroxylation is 2. The third kappa shape index (κ3) is 4.20. The number of hydrogen-bond acceptors (Lipinski definition) is 4. The molecule has 5 nitrogen and oxygen atoms in total. The van der Waals surface area contributed by atoms with Crippen molar-refractivity contribution < 1.29 is 4.74 Å². The van der Waals surface area contributed by atoms with Gasteiger partial charge in [-0.25, -0.2) is 4.98 Å². The average molecular weight is 356 g/mol. The van der Waals surface area contributed by atoms with E-state index >= 15 is 0 Å². The van der Waals surface area contributed by atoms with E-state index in [1.807, 2.05) is 31.2 Å². The van der Waals surface area contributed by atoms with Crippen molar-refractivity contribution in [1.82, 2.24) is 9.88 Å². The third-order valence-electron chi connectivity index (χ3n) is 4.33. The number of benzene rings is 1. The van der Waals surface area contributed by atoms with Crippen molar-refractivity contribution in [3.63, 3.8) is 0 Å². The van der Waals surface area contributed by atoms with Crippen LogP contribution in [0.25, 0.3) is 0 Å². The average Bonchev–Trinajstić information content (AvgIpc) is 2.61. The Morgan fingerprint density at radius 3 is 2.52 bits per heavy atom. The first-order chi connectivity index (χ1) is 12.1. The van der Waals surface area contributed by atoms with Crippen LogP contribution < -0.4 is 15.0 Å². The first-order valence-electron chi connectivity index (χ1n) is 8.46. The van der Waals surface area contributed by atoms with Crippen molar-refractivity contribution in [3.8, 4) is 5.75 Å². The Labute approximate surface area is 154 Å². The van der Waals surface area contributed by atoms with Crippen molar-refractivity contribution in [2.24, 2.45) is 0 Å². The number of para-hydroxylation sites is 2. The van der Waals surface area contributed by atoms with Gasteiger partial charge in [0.25, 0.3) is 0 Å². The van der Waals surface area contributed by atoms with Gasteiger partial charge in [0.1, 0.15) is 11.6 Å². The number of ether oxygens (including phenoxy) is 1. The number of aromatic nitrogens is 1. The van der Waals surface area contributed by atoms with Crippen LogP contribution in [0.1, 0.15) is 11.3 Å². The number of pyridine rings is 1. The Balaban J connectivity index is 1.61. The largest absolute Gasteiger partial charge is 0.495 e. The van der Waals surface area contributed by atoms with Gasteiger partial charge in [-0.3, -0.25) is 0 Å². The summed E-state index contributed by atoms with van der Waals surface area (Å²) < 4.78 is 5.47. The van der Waals surface area contributed by atoms with E-state index in [1.165, 1.54) is 5.56 Å². The highest BCUT2D eigenvalue weighted by molar-refractivity contribution is 7.80. The second-order valence-corrected chi connectivity index (χ2v) is 6.63. The molecule has 0 saturated carbocycles. The molecule has 3 rings (SSSR count). The van der Waals surface area contributed by atoms with Gasteiger partial charge < -0.3 is 19.9 Å². The molecule has 0 aliphatic carbocycles. The molecule has 0 unspecified atom stereocenters. The zero-order valence-electron chi connectivity index (χ0n) is 15.0. The summed E-state index contributed by atoms with van der Waals surface area (Å²) in [7, 11) is 1.71. The molecule has 0 bridgehead atoms. The van der Waals surface area contributed by atoms with Crippen LogP contribution in [0.3, 0.4) is 0 Å². The quantitative estimate of drug-likeness (QED) is 0.852. The molecule has 0 spiro atoms. The molecule has 1 fully saturated rings. The molecule has 132 valence electrons. The molecule has 0 atom stereocenters. The summed E-state index contributed by atoms with van der Waals surface area (Å²) in [5.41, 5.74) is 3.31. The summed E-state index contributed by atoms with van der Waals surface area (Å²) >= 11 is 5.58. The molecule has 0 radical (unpaired) electrons. The van der Waals surface area contributed by atoms with Crippen molar-refractivity contribution >= 4 is 28.8 Å². The van der Waals surface area contributed by atoms with E-state index in [0.717, 1.165) is 54.2 Å². The fourth-order valence-electron chi connectivity index (χ4n) is 3.14. The predicted octanol–water partition coefficient (Wildman–Crippen LogP) is 3.23. The fraction of sp³-hybridized carbons (Fsp3) is 0.368. The van der Waals surface area contributed by atoms with Gasteiger partial charge in [0.2, 0.25) is 0 Å². The maximum absolute atomic E-state index is 5.58. The van der Waals surface area contributed by atoms with Crippen LogP contribution >= 0.6 is 12.2 Å². The van der Waals surface area contributed by atoms with Gasteiger partial charge in [-0.05, 0) is 55.9 Å². The van der Waals surface area contributed by atoms with Crippen LogP contribution in [0, 0.1) is 13.8 Å². The summed E-state index contributed by atoms with van der Waals surface area (Å²) in [4.78, 5) is 9.04. The third-order valence-corrected chi connectivity index (χ3v) is 4.69. The lowest BCUT2D eigenvalue weighted by molar-refractivity contribution is 0.382. The van der Waals surface area contributed by atoms with Crippen LogP contribution in [-0.2, 0) is 0 Å². The van der Waals surface area contributed by atoms with Crippen LogP contribution in [-0.4, -0.2) is 48.3 Å². The van der Waals surface area contributed by atoms with Gasteiger partial charge in [-0.2, -0.15) is 0 Å². The highest BCUT2D eigenvalue weighted by Crippen LogP contribution is 2.28. The summed E-state index contributed by atoms with van der Waals surface area (Å²) in [5.74, 6) is 1.73. The smallest absolute Gasteiger partial charge is 0.174 e. The van der Waals surface area contributed by atoms with Crippen LogP contribution in [0.4, 0.5) is 11.5 Å². The maximum atomic E-state index is 5.58. The van der Waals surface area contributed by atoms with E-state index in [1.54, 1.807) is 7.11 Å². The lowest BCUT2D eigenvalue weighted by Gasteiger charge is -2.37. The second kappa shape index (κ2) is 7.70. The molecular weight excluding hydrogens is 332 g/mol. The normalized spacial score (nSPS) is 14.4. The van der Waals surface area contributed by atoms with Crippen LogP contribution in [0.5, 0.6) is 5.75 Å². The minimum Gasteiger partial charge on any atom is -0.495 e. The SMILES string of the molecule is COc1ccccc1N1CCN(C(=S)Nc2cc(C)cc(C)n2)CC1. The molecule has 1 aromatic carbocycles. The zero-order valence-corrected chi connectivity index (χ0v) is 15.8. The Bertz CT molecular complexity index is 737. The Morgan fingerprint density at radius 1 is 1.12 bits per heavy atom. The molecule has 1 saturated heterocycles. The Morgan fingerprint density at radius 2 is 1.84 bits per heavy atom. The molecule has 2 aromatic rings. The van der Waals surface area contributed by atoms with Gasteiger partial charge in [-0.15, -0.1) is 0 Å². The molecule has 1 aromatic heterocycles. The fourth-order valence-corrected chi connectivity index (χ4v) is 3.42. The van der Waals surface area contributed by atoms with E-state index in [0.29, 0.717) is 0 Å². The van der Waals surface area contributed by atoms with E-state index < -0.39 is 0 Å². The first-order valence-corrected chi connectivity index (χ1v) is 8.87. The number of piperazine rings is 1. The van der Waals surface area contributed by atoms with E-state index in [2.05, 4.69) is 39.2 Å². The molecule has 2 heterocycles. The van der Waals surface area contributed by atoms with Gasteiger partial charge in [0.05, 0.1) is 12.8 Å². The lowest BCUT2D eigenvalue weighted by Crippen LogP contribution is -2.50. The van der Waals surface area contributed by atoms with E-state index in [9.17, 15) is 0 Å². The van der Waals surface area contributed by atoms with Crippen LogP contribution in [0.2, 0.25) is 0 Å². The van der Waals surface area contributed by atoms with Gasteiger partial charge in [0, 0.05) is 31.9 Å².